The van der Waals surface area contributed by atoms with Gasteiger partial charge in [-0.3, -0.25) is 0 Å². The molecule has 0 aliphatic carbocycles. The van der Waals surface area contributed by atoms with E-state index < -0.39 is 50.0 Å². The molecule has 0 fully saturated rings. The highest BCUT2D eigenvalue weighted by molar-refractivity contribution is 7.89. The molecule has 0 aromatic heterocycles. The van der Waals surface area contributed by atoms with Crippen LogP contribution in [0.25, 0.3) is 0 Å². The van der Waals surface area contributed by atoms with E-state index in [2.05, 4.69) is 0 Å². The second-order valence-electron chi connectivity index (χ2n) is 3.95. The third-order valence-electron chi connectivity index (χ3n) is 2.34. The zero-order chi connectivity index (χ0) is 16.6. The Morgan fingerprint density at radius 2 is 1.90 bits per heavy atom. The summed E-state index contributed by atoms with van der Waals surface area (Å²) < 4.78 is 73.7. The smallest absolute Gasteiger partial charge is 0.402 e. The van der Waals surface area contributed by atoms with Crippen LogP contribution >= 0.6 is 11.6 Å². The van der Waals surface area contributed by atoms with Crippen LogP contribution in [0.5, 0.6) is 0 Å². The molecule has 0 aliphatic heterocycles. The SMILES string of the molecule is CN(CC(F)(F)F)S(=O)(=O)c1cc(F)c(Cl)c(C(=O)O)c1. The van der Waals surface area contributed by atoms with Gasteiger partial charge in [0.15, 0.2) is 0 Å². The first-order chi connectivity index (χ1) is 9.36. The van der Waals surface area contributed by atoms with Crippen LogP contribution in [-0.4, -0.2) is 43.6 Å². The predicted molar refractivity (Wildman–Crippen MR) is 64.2 cm³/mol. The maximum Gasteiger partial charge on any atom is 0.402 e. The van der Waals surface area contributed by atoms with Crippen molar-refractivity contribution in [3.63, 3.8) is 0 Å². The topological polar surface area (TPSA) is 74.7 Å². The molecule has 0 spiro atoms. The number of carboxylic acids is 1. The second-order valence-corrected chi connectivity index (χ2v) is 6.37. The minimum absolute atomic E-state index is 0.0681. The number of alkyl halides is 3. The summed E-state index contributed by atoms with van der Waals surface area (Å²) in [4.78, 5) is 9.88. The summed E-state index contributed by atoms with van der Waals surface area (Å²) >= 11 is 5.35. The van der Waals surface area contributed by atoms with E-state index in [0.717, 1.165) is 0 Å². The third kappa shape index (κ3) is 4.05. The fourth-order valence-electron chi connectivity index (χ4n) is 1.39. The summed E-state index contributed by atoms with van der Waals surface area (Å²) in [7, 11) is -4.08. The van der Waals surface area contributed by atoms with Gasteiger partial charge in [0.1, 0.15) is 12.4 Å². The molecule has 1 rings (SSSR count). The monoisotopic (exact) mass is 349 g/mol. The average molecular weight is 350 g/mol. The standard InChI is InChI=1S/C10H8ClF4NO4S/c1-16(4-10(13,14)15)21(19,20)5-2-6(9(17)18)8(11)7(12)3-5/h2-3H,4H2,1H3,(H,17,18). The molecule has 21 heavy (non-hydrogen) atoms. The minimum atomic E-state index is -4.80. The van der Waals surface area contributed by atoms with Gasteiger partial charge in [-0.05, 0) is 12.1 Å². The lowest BCUT2D eigenvalue weighted by Gasteiger charge is -2.19. The van der Waals surface area contributed by atoms with Crippen molar-refractivity contribution >= 4 is 27.6 Å². The molecular formula is C10H8ClF4NO4S. The second kappa shape index (κ2) is 5.78. The van der Waals surface area contributed by atoms with Gasteiger partial charge in [0.05, 0.1) is 15.5 Å². The summed E-state index contributed by atoms with van der Waals surface area (Å²) in [5, 5.41) is 7.93. The van der Waals surface area contributed by atoms with Crippen molar-refractivity contribution in [2.75, 3.05) is 13.6 Å². The van der Waals surface area contributed by atoms with Crippen molar-refractivity contribution in [3.05, 3.63) is 28.5 Å². The minimum Gasteiger partial charge on any atom is -0.478 e. The van der Waals surface area contributed by atoms with E-state index in [9.17, 15) is 30.8 Å². The molecule has 0 heterocycles. The molecule has 0 bridgehead atoms. The molecule has 0 radical (unpaired) electrons. The summed E-state index contributed by atoms with van der Waals surface area (Å²) in [6.45, 7) is -1.80. The van der Waals surface area contributed by atoms with Gasteiger partial charge in [-0.15, -0.1) is 0 Å². The molecule has 0 atom stereocenters. The van der Waals surface area contributed by atoms with Crippen LogP contribution in [0.2, 0.25) is 5.02 Å². The van der Waals surface area contributed by atoms with Gasteiger partial charge in [-0.1, -0.05) is 11.6 Å². The lowest BCUT2D eigenvalue weighted by molar-refractivity contribution is -0.134. The summed E-state index contributed by atoms with van der Waals surface area (Å²) in [5.74, 6) is -3.08. The van der Waals surface area contributed by atoms with Crippen molar-refractivity contribution in [2.45, 2.75) is 11.1 Å². The van der Waals surface area contributed by atoms with E-state index >= 15 is 0 Å². The highest BCUT2D eigenvalue weighted by atomic mass is 35.5. The van der Waals surface area contributed by atoms with Gasteiger partial charge in [0.25, 0.3) is 0 Å². The first-order valence-corrected chi connectivity index (χ1v) is 6.93. The number of aromatic carboxylic acids is 1. The van der Waals surface area contributed by atoms with Crippen LogP contribution in [-0.2, 0) is 10.0 Å². The fourth-order valence-corrected chi connectivity index (χ4v) is 2.77. The van der Waals surface area contributed by atoms with E-state index in [0.29, 0.717) is 19.2 Å². The largest absolute Gasteiger partial charge is 0.478 e. The van der Waals surface area contributed by atoms with Crippen LogP contribution in [0.4, 0.5) is 17.6 Å². The highest BCUT2D eigenvalue weighted by Gasteiger charge is 2.35. The molecular weight excluding hydrogens is 342 g/mol. The molecule has 118 valence electrons. The number of benzene rings is 1. The van der Waals surface area contributed by atoms with E-state index in [1.54, 1.807) is 0 Å². The van der Waals surface area contributed by atoms with Gasteiger partial charge in [-0.25, -0.2) is 17.6 Å². The lowest BCUT2D eigenvalue weighted by atomic mass is 10.2. The number of carboxylic acid groups (broad SMARTS) is 1. The van der Waals surface area contributed by atoms with Crippen LogP contribution in [0.3, 0.4) is 0 Å². The summed E-state index contributed by atoms with van der Waals surface area (Å²) in [5.41, 5.74) is -0.865. The lowest BCUT2D eigenvalue weighted by Crippen LogP contribution is -2.36. The molecule has 11 heteroatoms. The zero-order valence-electron chi connectivity index (χ0n) is 10.3. The number of nitrogens with zero attached hydrogens (tertiary/aromatic N) is 1. The van der Waals surface area contributed by atoms with Crippen molar-refractivity contribution in [2.24, 2.45) is 0 Å². The Bertz CT molecular complexity index is 674. The first kappa shape index (κ1) is 17.7. The molecule has 1 aromatic carbocycles. The number of carbonyl (C=O) groups is 1. The van der Waals surface area contributed by atoms with Crippen LogP contribution in [0.15, 0.2) is 17.0 Å². The molecule has 0 amide bonds. The Kier molecular flexibility index (Phi) is 4.86. The number of hydrogen-bond donors (Lipinski definition) is 1. The Balaban J connectivity index is 3.36. The molecule has 0 saturated carbocycles. The molecule has 0 unspecified atom stereocenters. The quantitative estimate of drug-likeness (QED) is 0.847. The number of halogens is 5. The Labute approximate surface area is 121 Å². The van der Waals surface area contributed by atoms with E-state index in [1.165, 1.54) is 0 Å². The maximum atomic E-state index is 13.4. The van der Waals surface area contributed by atoms with Gasteiger partial charge in [0.2, 0.25) is 10.0 Å². The Morgan fingerprint density at radius 1 is 1.38 bits per heavy atom. The highest BCUT2D eigenvalue weighted by Crippen LogP contribution is 2.27. The van der Waals surface area contributed by atoms with Crippen molar-refractivity contribution in [3.8, 4) is 0 Å². The van der Waals surface area contributed by atoms with Gasteiger partial charge in [-0.2, -0.15) is 17.5 Å². The van der Waals surface area contributed by atoms with Gasteiger partial charge < -0.3 is 5.11 Å². The zero-order valence-corrected chi connectivity index (χ0v) is 11.9. The normalized spacial score (nSPS) is 12.7. The molecule has 0 saturated heterocycles. The van der Waals surface area contributed by atoms with Gasteiger partial charge in [0, 0.05) is 7.05 Å². The van der Waals surface area contributed by atoms with Gasteiger partial charge >= 0.3 is 12.1 Å². The van der Waals surface area contributed by atoms with Crippen LogP contribution < -0.4 is 0 Å². The fraction of sp³-hybridized carbons (Fsp3) is 0.300. The number of sulfonamides is 1. The van der Waals surface area contributed by atoms with E-state index in [-0.39, 0.29) is 4.31 Å². The number of rotatable bonds is 4. The Morgan fingerprint density at radius 3 is 2.33 bits per heavy atom. The summed E-state index contributed by atoms with van der Waals surface area (Å²) in [6, 6.07) is 0.854. The molecule has 0 aliphatic rings. The van der Waals surface area contributed by atoms with Crippen LogP contribution in [0, 0.1) is 5.82 Å². The van der Waals surface area contributed by atoms with Crippen LogP contribution in [0.1, 0.15) is 10.4 Å². The molecule has 1 N–H and O–H groups in total. The van der Waals surface area contributed by atoms with E-state index in [4.69, 9.17) is 16.7 Å². The summed E-state index contributed by atoms with van der Waals surface area (Å²) in [6.07, 6.45) is -4.80. The van der Waals surface area contributed by atoms with Crippen molar-refractivity contribution in [1.29, 1.82) is 0 Å². The van der Waals surface area contributed by atoms with Crippen molar-refractivity contribution in [1.82, 2.24) is 4.31 Å². The molecule has 5 nitrogen and oxygen atoms in total. The third-order valence-corrected chi connectivity index (χ3v) is 4.51. The average Bonchev–Trinajstić information content (AvgIpc) is 2.29. The van der Waals surface area contributed by atoms with Crippen molar-refractivity contribution < 1.29 is 35.9 Å². The van der Waals surface area contributed by atoms with E-state index in [1.807, 2.05) is 0 Å². The Hall–Kier alpha value is -1.39. The number of hydrogen-bond acceptors (Lipinski definition) is 3. The predicted octanol–water partition coefficient (Wildman–Crippen LogP) is 2.36. The first-order valence-electron chi connectivity index (χ1n) is 5.11. The maximum absolute atomic E-state index is 13.4. The molecule has 1 aromatic rings.